The van der Waals surface area contributed by atoms with Gasteiger partial charge in [0.15, 0.2) is 6.29 Å². The molecular formula is C8H17NO5. The van der Waals surface area contributed by atoms with E-state index in [2.05, 4.69) is 0 Å². The number of methoxy groups -OCH3 is 2. The monoisotopic (exact) mass is 207 g/mol. The number of rotatable bonds is 3. The maximum absolute atomic E-state index is 9.40. The first-order valence-electron chi connectivity index (χ1n) is 4.41. The predicted octanol–water partition coefficient (Wildman–Crippen LogP) is -1.95. The fourth-order valence-electron chi connectivity index (χ4n) is 1.66. The smallest absolute Gasteiger partial charge is 0.173 e. The molecule has 0 aliphatic carbocycles. The van der Waals surface area contributed by atoms with Crippen LogP contribution in [0.25, 0.3) is 0 Å². The number of aliphatic hydroxyl groups is 2. The normalized spacial score (nSPS) is 43.9. The number of hydrogen-bond donors (Lipinski definition) is 3. The zero-order chi connectivity index (χ0) is 10.7. The molecule has 0 aromatic rings. The molecule has 1 aliphatic heterocycles. The standard InChI is InChI=1S/C8H17NO5/c1-12-6-4(3-10)14-8(11)5(9)7(6)13-2/h4-8,10-11H,3,9H2,1-2H3. The van der Waals surface area contributed by atoms with Gasteiger partial charge >= 0.3 is 0 Å². The highest BCUT2D eigenvalue weighted by Crippen LogP contribution is 2.22. The summed E-state index contributed by atoms with van der Waals surface area (Å²) in [4.78, 5) is 0. The molecule has 6 heteroatoms. The topological polar surface area (TPSA) is 94.2 Å². The first-order valence-corrected chi connectivity index (χ1v) is 4.41. The molecule has 0 aromatic carbocycles. The van der Waals surface area contributed by atoms with Gasteiger partial charge in [0.2, 0.25) is 0 Å². The van der Waals surface area contributed by atoms with Crippen molar-refractivity contribution in [3.8, 4) is 0 Å². The van der Waals surface area contributed by atoms with Gasteiger partial charge in [-0.25, -0.2) is 0 Å². The highest BCUT2D eigenvalue weighted by molar-refractivity contribution is 4.92. The Kier molecular flexibility index (Phi) is 4.24. The summed E-state index contributed by atoms with van der Waals surface area (Å²) in [6.45, 7) is -0.248. The zero-order valence-electron chi connectivity index (χ0n) is 8.29. The van der Waals surface area contributed by atoms with Crippen molar-refractivity contribution in [2.24, 2.45) is 5.73 Å². The van der Waals surface area contributed by atoms with Crippen LogP contribution in [0.5, 0.6) is 0 Å². The Labute approximate surface area is 82.6 Å². The molecule has 1 saturated heterocycles. The lowest BCUT2D eigenvalue weighted by atomic mass is 9.97. The van der Waals surface area contributed by atoms with Crippen LogP contribution in [0.1, 0.15) is 0 Å². The summed E-state index contributed by atoms with van der Waals surface area (Å²) in [6, 6.07) is -0.673. The summed E-state index contributed by atoms with van der Waals surface area (Å²) >= 11 is 0. The molecule has 5 atom stereocenters. The van der Waals surface area contributed by atoms with Crippen LogP contribution >= 0.6 is 0 Å². The van der Waals surface area contributed by atoms with Crippen molar-refractivity contribution in [2.45, 2.75) is 30.6 Å². The first-order chi connectivity index (χ1) is 6.65. The van der Waals surface area contributed by atoms with Crippen LogP contribution < -0.4 is 5.73 Å². The van der Waals surface area contributed by atoms with Gasteiger partial charge in [-0.1, -0.05) is 0 Å². The molecule has 0 saturated carbocycles. The van der Waals surface area contributed by atoms with Gasteiger partial charge in [-0.3, -0.25) is 0 Å². The minimum atomic E-state index is -1.14. The van der Waals surface area contributed by atoms with Gasteiger partial charge in [-0.15, -0.1) is 0 Å². The number of ether oxygens (including phenoxy) is 3. The molecule has 14 heavy (non-hydrogen) atoms. The van der Waals surface area contributed by atoms with Crippen molar-refractivity contribution in [3.63, 3.8) is 0 Å². The van der Waals surface area contributed by atoms with Gasteiger partial charge in [0, 0.05) is 14.2 Å². The molecule has 84 valence electrons. The van der Waals surface area contributed by atoms with E-state index in [9.17, 15) is 5.11 Å². The molecule has 5 unspecified atom stereocenters. The lowest BCUT2D eigenvalue weighted by molar-refractivity contribution is -0.258. The van der Waals surface area contributed by atoms with E-state index < -0.39 is 30.6 Å². The third-order valence-electron chi connectivity index (χ3n) is 2.44. The third-order valence-corrected chi connectivity index (χ3v) is 2.44. The van der Waals surface area contributed by atoms with Crippen molar-refractivity contribution >= 4 is 0 Å². The van der Waals surface area contributed by atoms with Crippen LogP contribution in [-0.4, -0.2) is 61.7 Å². The Bertz CT molecular complexity index is 175. The minimum Gasteiger partial charge on any atom is -0.394 e. The van der Waals surface area contributed by atoms with E-state index in [1.165, 1.54) is 14.2 Å². The molecule has 4 N–H and O–H groups in total. The summed E-state index contributed by atoms with van der Waals surface area (Å²) in [5.41, 5.74) is 5.65. The molecule has 0 bridgehead atoms. The second-order valence-electron chi connectivity index (χ2n) is 3.23. The third kappa shape index (κ3) is 2.05. The molecule has 0 spiro atoms. The summed E-state index contributed by atoms with van der Waals surface area (Å²) in [5.74, 6) is 0. The van der Waals surface area contributed by atoms with Gasteiger partial charge in [0.25, 0.3) is 0 Å². The molecule has 1 fully saturated rings. The average Bonchev–Trinajstić information content (AvgIpc) is 2.20. The fourth-order valence-corrected chi connectivity index (χ4v) is 1.66. The quantitative estimate of drug-likeness (QED) is 0.498. The first kappa shape index (κ1) is 11.8. The number of hydrogen-bond acceptors (Lipinski definition) is 6. The van der Waals surface area contributed by atoms with Crippen LogP contribution in [0.15, 0.2) is 0 Å². The molecule has 1 heterocycles. The van der Waals surface area contributed by atoms with E-state index >= 15 is 0 Å². The van der Waals surface area contributed by atoms with Crippen LogP contribution in [0.2, 0.25) is 0 Å². The predicted molar refractivity (Wildman–Crippen MR) is 47.5 cm³/mol. The molecular weight excluding hydrogens is 190 g/mol. The summed E-state index contributed by atoms with van der Waals surface area (Å²) in [6.07, 6.45) is -2.70. The second-order valence-corrected chi connectivity index (χ2v) is 3.23. The van der Waals surface area contributed by atoms with Crippen molar-refractivity contribution in [2.75, 3.05) is 20.8 Å². The van der Waals surface area contributed by atoms with Crippen molar-refractivity contribution in [1.29, 1.82) is 0 Å². The maximum Gasteiger partial charge on any atom is 0.173 e. The Morgan fingerprint density at radius 2 is 1.86 bits per heavy atom. The molecule has 0 amide bonds. The van der Waals surface area contributed by atoms with E-state index in [1.54, 1.807) is 0 Å². The van der Waals surface area contributed by atoms with Crippen LogP contribution in [0.3, 0.4) is 0 Å². The van der Waals surface area contributed by atoms with Gasteiger partial charge < -0.3 is 30.2 Å². The van der Waals surface area contributed by atoms with Crippen LogP contribution in [-0.2, 0) is 14.2 Å². The van der Waals surface area contributed by atoms with Gasteiger partial charge in [0.05, 0.1) is 12.6 Å². The Morgan fingerprint density at radius 3 is 2.29 bits per heavy atom. The van der Waals surface area contributed by atoms with Crippen molar-refractivity contribution in [1.82, 2.24) is 0 Å². The van der Waals surface area contributed by atoms with E-state index in [1.807, 2.05) is 0 Å². The molecule has 0 radical (unpaired) electrons. The molecule has 6 nitrogen and oxygen atoms in total. The van der Waals surface area contributed by atoms with E-state index in [-0.39, 0.29) is 6.61 Å². The zero-order valence-corrected chi connectivity index (χ0v) is 8.29. The SMILES string of the molecule is COC1C(CO)OC(O)C(N)C1OC. The van der Waals surface area contributed by atoms with Gasteiger partial charge in [-0.2, -0.15) is 0 Å². The highest BCUT2D eigenvalue weighted by atomic mass is 16.6. The lowest BCUT2D eigenvalue weighted by Gasteiger charge is -2.41. The van der Waals surface area contributed by atoms with E-state index in [0.29, 0.717) is 0 Å². The summed E-state index contributed by atoms with van der Waals surface area (Å²) in [7, 11) is 2.95. The van der Waals surface area contributed by atoms with Crippen LogP contribution in [0, 0.1) is 0 Å². The van der Waals surface area contributed by atoms with Crippen LogP contribution in [0.4, 0.5) is 0 Å². The van der Waals surface area contributed by atoms with E-state index in [0.717, 1.165) is 0 Å². The summed E-state index contributed by atoms with van der Waals surface area (Å²) in [5, 5.41) is 18.4. The average molecular weight is 207 g/mol. The summed E-state index contributed by atoms with van der Waals surface area (Å²) < 4.78 is 15.3. The lowest BCUT2D eigenvalue weighted by Crippen LogP contribution is -2.63. The fraction of sp³-hybridized carbons (Fsp3) is 1.00. The van der Waals surface area contributed by atoms with Gasteiger partial charge in [0.1, 0.15) is 18.3 Å². The van der Waals surface area contributed by atoms with Gasteiger partial charge in [-0.05, 0) is 0 Å². The van der Waals surface area contributed by atoms with E-state index in [4.69, 9.17) is 25.1 Å². The minimum absolute atomic E-state index is 0.248. The number of aliphatic hydroxyl groups excluding tert-OH is 2. The molecule has 1 aliphatic rings. The Morgan fingerprint density at radius 1 is 1.29 bits per heavy atom. The van der Waals surface area contributed by atoms with Crippen molar-refractivity contribution in [3.05, 3.63) is 0 Å². The largest absolute Gasteiger partial charge is 0.394 e. The Balaban J connectivity index is 2.75. The molecule has 1 rings (SSSR count). The highest BCUT2D eigenvalue weighted by Gasteiger charge is 2.43. The maximum atomic E-state index is 9.40. The Hall–Kier alpha value is -0.240. The second kappa shape index (κ2) is 5.01. The number of nitrogens with two attached hydrogens (primary N) is 1. The van der Waals surface area contributed by atoms with Crippen molar-refractivity contribution < 1.29 is 24.4 Å². The molecule has 0 aromatic heterocycles.